The van der Waals surface area contributed by atoms with E-state index in [1.54, 1.807) is 31.3 Å². The Bertz CT molecular complexity index is 882. The van der Waals surface area contributed by atoms with E-state index in [1.165, 1.54) is 4.40 Å². The van der Waals surface area contributed by atoms with Gasteiger partial charge in [-0.25, -0.2) is 4.98 Å². The molecule has 0 saturated heterocycles. The number of hydrogen-bond donors (Lipinski definition) is 2. The number of rotatable bonds is 3. The second-order valence-electron chi connectivity index (χ2n) is 3.96. The van der Waals surface area contributed by atoms with Gasteiger partial charge < -0.3 is 5.73 Å². The van der Waals surface area contributed by atoms with Crippen molar-refractivity contribution in [2.75, 3.05) is 10.5 Å². The van der Waals surface area contributed by atoms with Crippen LogP contribution in [0.3, 0.4) is 0 Å². The summed E-state index contributed by atoms with van der Waals surface area (Å²) in [5.74, 6) is -0.0649. The van der Waals surface area contributed by atoms with Gasteiger partial charge in [-0.1, -0.05) is 17.4 Å². The highest BCUT2D eigenvalue weighted by molar-refractivity contribution is 7.93. The number of nitrogen functional groups attached to an aromatic ring is 1. The molecule has 104 valence electrons. The molecule has 3 N–H and O–H groups in total. The molecule has 8 nitrogen and oxygen atoms in total. The predicted molar refractivity (Wildman–Crippen MR) is 75.1 cm³/mol. The smallest absolute Gasteiger partial charge is 0.283 e. The van der Waals surface area contributed by atoms with Gasteiger partial charge in [-0.3, -0.25) is 9.12 Å². The van der Waals surface area contributed by atoms with Crippen LogP contribution in [-0.4, -0.2) is 28.0 Å². The molecule has 0 spiro atoms. The highest BCUT2D eigenvalue weighted by Crippen LogP contribution is 2.24. The highest BCUT2D eigenvalue weighted by Gasteiger charge is 2.25. The van der Waals surface area contributed by atoms with E-state index in [9.17, 15) is 8.42 Å². The summed E-state index contributed by atoms with van der Waals surface area (Å²) in [6.45, 7) is 1.73. The van der Waals surface area contributed by atoms with Crippen LogP contribution in [0, 0.1) is 6.92 Å². The van der Waals surface area contributed by atoms with E-state index >= 15 is 0 Å². The molecule has 0 aliphatic heterocycles. The van der Waals surface area contributed by atoms with Gasteiger partial charge in [0.1, 0.15) is 10.7 Å². The lowest BCUT2D eigenvalue weighted by Gasteiger charge is -2.04. The van der Waals surface area contributed by atoms with E-state index in [0.29, 0.717) is 10.7 Å². The summed E-state index contributed by atoms with van der Waals surface area (Å²) in [6, 6.07) is 5.12. The Kier molecular flexibility index (Phi) is 2.83. The zero-order valence-electron chi connectivity index (χ0n) is 10.3. The fourth-order valence-electron chi connectivity index (χ4n) is 1.76. The fraction of sp³-hybridized carbons (Fsp3) is 0.100. The van der Waals surface area contributed by atoms with E-state index in [2.05, 4.69) is 19.9 Å². The minimum atomic E-state index is -3.88. The normalized spacial score (nSPS) is 11.8. The van der Waals surface area contributed by atoms with E-state index in [4.69, 9.17) is 5.73 Å². The molecule has 0 fully saturated rings. The van der Waals surface area contributed by atoms with Crippen LogP contribution < -0.4 is 10.5 Å². The molecule has 10 heteroatoms. The Hall–Kier alpha value is -2.20. The van der Waals surface area contributed by atoms with Crippen LogP contribution in [-0.2, 0) is 10.0 Å². The first kappa shape index (κ1) is 12.8. The average Bonchev–Trinajstić information content (AvgIpc) is 2.91. The summed E-state index contributed by atoms with van der Waals surface area (Å²) in [4.78, 5) is 4.02. The monoisotopic (exact) mass is 310 g/mol. The molecule has 0 aliphatic carbocycles. The first-order valence-electron chi connectivity index (χ1n) is 5.53. The lowest BCUT2D eigenvalue weighted by molar-refractivity contribution is 0.597. The molecule has 0 unspecified atom stereocenters. The van der Waals surface area contributed by atoms with Crippen molar-refractivity contribution < 1.29 is 8.42 Å². The number of nitrogens with zero attached hydrogens (tertiary/aromatic N) is 4. The lowest BCUT2D eigenvalue weighted by atomic mass is 10.5. The van der Waals surface area contributed by atoms with E-state index in [-0.39, 0.29) is 16.0 Å². The second-order valence-corrected chi connectivity index (χ2v) is 6.74. The number of imidazole rings is 1. The summed E-state index contributed by atoms with van der Waals surface area (Å²) in [7, 11) is -3.88. The Morgan fingerprint density at radius 2 is 2.15 bits per heavy atom. The number of sulfonamides is 1. The van der Waals surface area contributed by atoms with Gasteiger partial charge in [0, 0.05) is 6.20 Å². The van der Waals surface area contributed by atoms with Gasteiger partial charge in [-0.05, 0) is 19.1 Å². The second kappa shape index (κ2) is 4.42. The van der Waals surface area contributed by atoms with Crippen molar-refractivity contribution >= 4 is 38.0 Å². The van der Waals surface area contributed by atoms with Crippen molar-refractivity contribution in [2.45, 2.75) is 11.9 Å². The van der Waals surface area contributed by atoms with Gasteiger partial charge in [0.2, 0.25) is 10.2 Å². The number of nitrogens with two attached hydrogens (primary N) is 1. The minimum Gasteiger partial charge on any atom is -0.381 e. The Balaban J connectivity index is 2.11. The Morgan fingerprint density at radius 1 is 1.35 bits per heavy atom. The van der Waals surface area contributed by atoms with Crippen molar-refractivity contribution in [3.63, 3.8) is 0 Å². The number of nitrogens with one attached hydrogen (secondary N) is 1. The number of pyridine rings is 1. The third-order valence-corrected chi connectivity index (χ3v) is 4.77. The lowest BCUT2D eigenvalue weighted by Crippen LogP contribution is -2.16. The SMILES string of the molecule is Cc1nnc(NS(=O)(=O)c2c(N)nc3ccccn23)s1. The van der Waals surface area contributed by atoms with Crippen molar-refractivity contribution in [1.82, 2.24) is 19.6 Å². The first-order chi connectivity index (χ1) is 9.47. The molecule has 20 heavy (non-hydrogen) atoms. The highest BCUT2D eigenvalue weighted by atomic mass is 32.2. The Labute approximate surface area is 118 Å². The molecule has 0 bridgehead atoms. The van der Waals surface area contributed by atoms with Crippen molar-refractivity contribution in [3.8, 4) is 0 Å². The van der Waals surface area contributed by atoms with E-state index in [1.807, 2.05) is 0 Å². The predicted octanol–water partition coefficient (Wildman–Crippen LogP) is 0.877. The largest absolute Gasteiger partial charge is 0.381 e. The summed E-state index contributed by atoms with van der Waals surface area (Å²) in [6.07, 6.45) is 1.58. The Morgan fingerprint density at radius 3 is 2.85 bits per heavy atom. The van der Waals surface area contributed by atoms with E-state index < -0.39 is 10.0 Å². The molecule has 3 aromatic heterocycles. The van der Waals surface area contributed by atoms with Gasteiger partial charge in [-0.15, -0.1) is 10.2 Å². The van der Waals surface area contributed by atoms with Gasteiger partial charge in [0.05, 0.1) is 0 Å². The third-order valence-electron chi connectivity index (χ3n) is 2.51. The fourth-order valence-corrected chi connectivity index (χ4v) is 3.80. The number of aromatic nitrogens is 4. The number of fused-ring (bicyclic) bond motifs is 1. The molecule has 3 rings (SSSR count). The summed E-state index contributed by atoms with van der Waals surface area (Å²) >= 11 is 1.14. The molecule has 3 aromatic rings. The maximum absolute atomic E-state index is 12.4. The van der Waals surface area contributed by atoms with E-state index in [0.717, 1.165) is 11.3 Å². The van der Waals surface area contributed by atoms with Crippen LogP contribution in [0.25, 0.3) is 5.65 Å². The van der Waals surface area contributed by atoms with Crippen LogP contribution in [0.4, 0.5) is 10.9 Å². The third kappa shape index (κ3) is 2.08. The summed E-state index contributed by atoms with van der Waals surface area (Å²) in [5.41, 5.74) is 6.17. The minimum absolute atomic E-state index is 0.0649. The van der Waals surface area contributed by atoms with Gasteiger partial charge >= 0.3 is 0 Å². The van der Waals surface area contributed by atoms with Crippen LogP contribution in [0.5, 0.6) is 0 Å². The molecule has 3 heterocycles. The summed E-state index contributed by atoms with van der Waals surface area (Å²) < 4.78 is 28.5. The van der Waals surface area contributed by atoms with Crippen molar-refractivity contribution in [1.29, 1.82) is 0 Å². The number of hydrogen-bond acceptors (Lipinski definition) is 7. The van der Waals surface area contributed by atoms with Crippen molar-refractivity contribution in [2.24, 2.45) is 0 Å². The molecule has 0 radical (unpaired) electrons. The van der Waals surface area contributed by atoms with Crippen LogP contribution in [0.2, 0.25) is 0 Å². The molecule has 0 atom stereocenters. The quantitative estimate of drug-likeness (QED) is 0.742. The average molecular weight is 310 g/mol. The topological polar surface area (TPSA) is 115 Å². The molecule has 0 aromatic carbocycles. The van der Waals surface area contributed by atoms with Crippen molar-refractivity contribution in [3.05, 3.63) is 29.4 Å². The maximum Gasteiger partial charge on any atom is 0.283 e. The molecule has 0 amide bonds. The molecule has 0 saturated carbocycles. The standard InChI is InChI=1S/C10H10N6O2S2/c1-6-13-14-10(19-6)15-20(17,18)9-8(11)12-7-4-2-3-5-16(7)9/h2-5H,11H2,1H3,(H,14,15). The van der Waals surface area contributed by atoms with Crippen LogP contribution >= 0.6 is 11.3 Å². The molecular formula is C10H10N6O2S2. The zero-order valence-corrected chi connectivity index (χ0v) is 11.9. The zero-order chi connectivity index (χ0) is 14.3. The van der Waals surface area contributed by atoms with Gasteiger partial charge in [0.15, 0.2) is 5.82 Å². The molecular weight excluding hydrogens is 300 g/mol. The van der Waals surface area contributed by atoms with Crippen LogP contribution in [0.1, 0.15) is 5.01 Å². The number of aryl methyl sites for hydroxylation is 1. The van der Waals surface area contributed by atoms with Gasteiger partial charge in [0.25, 0.3) is 10.0 Å². The first-order valence-corrected chi connectivity index (χ1v) is 7.83. The molecule has 0 aliphatic rings. The van der Waals surface area contributed by atoms with Crippen LogP contribution in [0.15, 0.2) is 29.4 Å². The maximum atomic E-state index is 12.4. The number of anilines is 2. The van der Waals surface area contributed by atoms with Gasteiger partial charge in [-0.2, -0.15) is 8.42 Å². The summed E-state index contributed by atoms with van der Waals surface area (Å²) in [5, 5.41) is 8.22.